The Kier molecular flexibility index (Phi) is 3.76. The second-order valence-electron chi connectivity index (χ2n) is 6.02. The van der Waals surface area contributed by atoms with Gasteiger partial charge in [0.05, 0.1) is 10.3 Å². The van der Waals surface area contributed by atoms with Crippen molar-refractivity contribution < 1.29 is 14.6 Å². The van der Waals surface area contributed by atoms with Crippen LogP contribution in [0.4, 0.5) is 5.69 Å². The van der Waals surface area contributed by atoms with Gasteiger partial charge in [-0.1, -0.05) is 12.1 Å². The monoisotopic (exact) mass is 278 g/mol. The Morgan fingerprint density at radius 2 is 1.85 bits per heavy atom. The van der Waals surface area contributed by atoms with Gasteiger partial charge in [-0.2, -0.15) is 0 Å². The van der Waals surface area contributed by atoms with Crippen LogP contribution in [0, 0.1) is 15.5 Å². The van der Waals surface area contributed by atoms with Gasteiger partial charge in [-0.3, -0.25) is 10.1 Å². The second-order valence-corrected chi connectivity index (χ2v) is 6.02. The van der Waals surface area contributed by atoms with E-state index in [2.05, 4.69) is 0 Å². The molecule has 1 aliphatic heterocycles. The lowest BCUT2D eigenvalue weighted by molar-refractivity contribution is -0.384. The Labute approximate surface area is 117 Å². The molecule has 0 amide bonds. The number of nitro benzene ring substituents is 1. The smallest absolute Gasteiger partial charge is 0.330 e. The standard InChI is InChI=1S/C14H18N2O4/c1-14(2,3)13(17)20-15-8-11(9-15)10-4-6-12(7-5-10)16(18)19/h4-7,11H,8-9H2,1-3H3. The third-order valence-corrected chi connectivity index (χ3v) is 3.25. The van der Waals surface area contributed by atoms with Gasteiger partial charge in [0.25, 0.3) is 5.69 Å². The van der Waals surface area contributed by atoms with Crippen LogP contribution in [0.15, 0.2) is 24.3 Å². The van der Waals surface area contributed by atoms with E-state index in [4.69, 9.17) is 4.84 Å². The summed E-state index contributed by atoms with van der Waals surface area (Å²) in [5.74, 6) is 0.00298. The topological polar surface area (TPSA) is 72.7 Å². The minimum Gasteiger partial charge on any atom is -0.367 e. The Bertz CT molecular complexity index is 513. The third-order valence-electron chi connectivity index (χ3n) is 3.25. The van der Waals surface area contributed by atoms with Crippen LogP contribution in [0.1, 0.15) is 32.3 Å². The van der Waals surface area contributed by atoms with Crippen LogP contribution in [-0.4, -0.2) is 29.0 Å². The normalized spacial score (nSPS) is 16.6. The van der Waals surface area contributed by atoms with Crippen LogP contribution in [0.2, 0.25) is 0 Å². The van der Waals surface area contributed by atoms with Gasteiger partial charge in [-0.25, -0.2) is 4.79 Å². The van der Waals surface area contributed by atoms with E-state index in [1.807, 2.05) is 20.8 Å². The zero-order valence-corrected chi connectivity index (χ0v) is 11.8. The van der Waals surface area contributed by atoms with Gasteiger partial charge >= 0.3 is 5.97 Å². The summed E-state index contributed by atoms with van der Waals surface area (Å²) in [5, 5.41) is 12.2. The summed E-state index contributed by atoms with van der Waals surface area (Å²) in [5.41, 5.74) is 0.598. The number of non-ortho nitro benzene ring substituents is 1. The number of nitrogens with zero attached hydrogens (tertiary/aromatic N) is 2. The number of hydrogen-bond acceptors (Lipinski definition) is 5. The number of benzene rings is 1. The lowest BCUT2D eigenvalue weighted by atomic mass is 9.93. The summed E-state index contributed by atoms with van der Waals surface area (Å²) < 4.78 is 0. The average Bonchev–Trinajstić information content (AvgIpc) is 2.32. The molecule has 0 aromatic heterocycles. The quantitative estimate of drug-likeness (QED) is 0.627. The Balaban J connectivity index is 1.87. The van der Waals surface area contributed by atoms with E-state index in [-0.39, 0.29) is 17.6 Å². The first-order valence-corrected chi connectivity index (χ1v) is 6.49. The summed E-state index contributed by atoms with van der Waals surface area (Å²) in [7, 11) is 0. The second kappa shape index (κ2) is 5.20. The van der Waals surface area contributed by atoms with Gasteiger partial charge in [0.1, 0.15) is 0 Å². The van der Waals surface area contributed by atoms with Gasteiger partial charge in [0.15, 0.2) is 0 Å². The highest BCUT2D eigenvalue weighted by Crippen LogP contribution is 2.29. The summed E-state index contributed by atoms with van der Waals surface area (Å²) in [4.78, 5) is 27.1. The zero-order valence-electron chi connectivity index (χ0n) is 11.8. The molecule has 1 aromatic carbocycles. The molecule has 1 heterocycles. The van der Waals surface area contributed by atoms with Gasteiger partial charge < -0.3 is 4.84 Å². The van der Waals surface area contributed by atoms with Crippen molar-refractivity contribution in [2.75, 3.05) is 13.1 Å². The predicted octanol–water partition coefficient (Wildman–Crippen LogP) is 2.50. The molecular formula is C14H18N2O4. The highest BCUT2D eigenvalue weighted by atomic mass is 16.7. The van der Waals surface area contributed by atoms with Crippen molar-refractivity contribution in [3.63, 3.8) is 0 Å². The molecule has 1 aromatic rings. The fourth-order valence-electron chi connectivity index (χ4n) is 1.85. The third kappa shape index (κ3) is 3.14. The summed E-state index contributed by atoms with van der Waals surface area (Å²) in [6.07, 6.45) is 0. The van der Waals surface area contributed by atoms with Crippen molar-refractivity contribution in [2.45, 2.75) is 26.7 Å². The maximum atomic E-state index is 11.7. The molecule has 0 spiro atoms. The van der Waals surface area contributed by atoms with Gasteiger partial charge in [-0.05, 0) is 26.3 Å². The first-order chi connectivity index (χ1) is 9.27. The Hall–Kier alpha value is -1.95. The largest absolute Gasteiger partial charge is 0.367 e. The Morgan fingerprint density at radius 3 is 2.30 bits per heavy atom. The molecule has 108 valence electrons. The van der Waals surface area contributed by atoms with E-state index < -0.39 is 10.3 Å². The molecule has 6 nitrogen and oxygen atoms in total. The molecule has 0 N–H and O–H groups in total. The molecule has 1 aliphatic rings. The van der Waals surface area contributed by atoms with Crippen molar-refractivity contribution in [1.29, 1.82) is 0 Å². The molecule has 20 heavy (non-hydrogen) atoms. The van der Waals surface area contributed by atoms with Crippen molar-refractivity contribution in [3.8, 4) is 0 Å². The minimum absolute atomic E-state index is 0.0871. The number of hydroxylamine groups is 2. The van der Waals surface area contributed by atoms with E-state index in [1.165, 1.54) is 12.1 Å². The molecule has 1 fully saturated rings. The fraction of sp³-hybridized carbons (Fsp3) is 0.500. The predicted molar refractivity (Wildman–Crippen MR) is 73.0 cm³/mol. The molecule has 0 aliphatic carbocycles. The fourth-order valence-corrected chi connectivity index (χ4v) is 1.85. The van der Waals surface area contributed by atoms with Crippen molar-refractivity contribution >= 4 is 11.7 Å². The molecule has 6 heteroatoms. The molecule has 0 saturated carbocycles. The van der Waals surface area contributed by atoms with E-state index in [1.54, 1.807) is 17.2 Å². The molecule has 0 radical (unpaired) electrons. The molecule has 2 rings (SSSR count). The van der Waals surface area contributed by atoms with Crippen molar-refractivity contribution in [2.24, 2.45) is 5.41 Å². The number of carbonyl (C=O) groups excluding carboxylic acids is 1. The van der Waals surface area contributed by atoms with Crippen LogP contribution < -0.4 is 0 Å². The highest BCUT2D eigenvalue weighted by Gasteiger charge is 2.34. The molecule has 1 saturated heterocycles. The number of rotatable bonds is 3. The maximum absolute atomic E-state index is 11.7. The van der Waals surface area contributed by atoms with Crippen LogP contribution in [0.25, 0.3) is 0 Å². The lowest BCUT2D eigenvalue weighted by Gasteiger charge is -2.38. The van der Waals surface area contributed by atoms with Crippen LogP contribution >= 0.6 is 0 Å². The van der Waals surface area contributed by atoms with Gasteiger partial charge in [0.2, 0.25) is 0 Å². The minimum atomic E-state index is -0.515. The van der Waals surface area contributed by atoms with E-state index in [9.17, 15) is 14.9 Å². The molecule has 0 atom stereocenters. The van der Waals surface area contributed by atoms with Crippen molar-refractivity contribution in [1.82, 2.24) is 5.06 Å². The molecular weight excluding hydrogens is 260 g/mol. The highest BCUT2D eigenvalue weighted by molar-refractivity contribution is 5.75. The number of nitro groups is 1. The number of carbonyl (C=O) groups is 1. The van der Waals surface area contributed by atoms with Crippen molar-refractivity contribution in [3.05, 3.63) is 39.9 Å². The molecule has 0 bridgehead atoms. The van der Waals surface area contributed by atoms with E-state index in [0.29, 0.717) is 13.1 Å². The van der Waals surface area contributed by atoms with E-state index >= 15 is 0 Å². The van der Waals surface area contributed by atoms with Gasteiger partial charge in [-0.15, -0.1) is 5.06 Å². The van der Waals surface area contributed by atoms with Gasteiger partial charge in [0, 0.05) is 31.1 Å². The number of hydrogen-bond donors (Lipinski definition) is 0. The van der Waals surface area contributed by atoms with E-state index in [0.717, 1.165) is 5.56 Å². The van der Waals surface area contributed by atoms with Crippen LogP contribution in [0.3, 0.4) is 0 Å². The summed E-state index contributed by atoms with van der Waals surface area (Å²) >= 11 is 0. The van der Waals surface area contributed by atoms with Crippen LogP contribution in [-0.2, 0) is 9.63 Å². The first-order valence-electron chi connectivity index (χ1n) is 6.49. The molecule has 0 unspecified atom stereocenters. The summed E-state index contributed by atoms with van der Waals surface area (Å²) in [6.45, 7) is 6.67. The zero-order chi connectivity index (χ0) is 14.9. The maximum Gasteiger partial charge on any atom is 0.330 e. The lowest BCUT2D eigenvalue weighted by Crippen LogP contribution is -2.47. The SMILES string of the molecule is CC(C)(C)C(=O)ON1CC(c2ccc([N+](=O)[O-])cc2)C1. The Morgan fingerprint density at radius 1 is 1.30 bits per heavy atom. The first kappa shape index (κ1) is 14.5. The average molecular weight is 278 g/mol. The summed E-state index contributed by atoms with van der Waals surface area (Å²) in [6, 6.07) is 6.51. The van der Waals surface area contributed by atoms with Crippen LogP contribution in [0.5, 0.6) is 0 Å².